The molecule has 2 amide bonds. The van der Waals surface area contributed by atoms with Gasteiger partial charge in [0.05, 0.1) is 15.7 Å². The molecule has 0 saturated carbocycles. The fourth-order valence-electron chi connectivity index (χ4n) is 3.14. The van der Waals surface area contributed by atoms with E-state index in [1.165, 1.54) is 12.1 Å². The van der Waals surface area contributed by atoms with E-state index in [-0.39, 0.29) is 38.8 Å². The maximum Gasteiger partial charge on any atom is 0.270 e. The minimum atomic E-state index is -0.632. The van der Waals surface area contributed by atoms with Crippen LogP contribution < -0.4 is 15.0 Å². The molecule has 1 N–H and O–H groups in total. The summed E-state index contributed by atoms with van der Waals surface area (Å²) < 4.78 is 19.3. The first-order valence-corrected chi connectivity index (χ1v) is 10.8. The van der Waals surface area contributed by atoms with Gasteiger partial charge in [-0.05, 0) is 54.2 Å². The molecule has 1 aliphatic heterocycles. The van der Waals surface area contributed by atoms with Gasteiger partial charge >= 0.3 is 0 Å². The second kappa shape index (κ2) is 9.70. The molecule has 1 fully saturated rings. The van der Waals surface area contributed by atoms with Crippen LogP contribution in [-0.2, 0) is 16.2 Å². The SMILES string of the molecule is O=C1NC(=S)N(c2cccc(Cl)c2Cl)C(=O)/C1=C/c1ccc(OCc2ccccc2F)cc1. The van der Waals surface area contributed by atoms with Gasteiger partial charge < -0.3 is 4.74 Å². The Kier molecular flexibility index (Phi) is 6.74. The van der Waals surface area contributed by atoms with E-state index in [0.717, 1.165) is 4.90 Å². The van der Waals surface area contributed by atoms with Gasteiger partial charge in [-0.1, -0.05) is 59.6 Å². The normalized spacial score (nSPS) is 15.1. The van der Waals surface area contributed by atoms with Crippen molar-refractivity contribution in [3.05, 3.63) is 99.3 Å². The van der Waals surface area contributed by atoms with Gasteiger partial charge in [-0.2, -0.15) is 0 Å². The molecule has 3 aromatic rings. The van der Waals surface area contributed by atoms with E-state index < -0.39 is 11.8 Å². The highest BCUT2D eigenvalue weighted by Gasteiger charge is 2.35. The van der Waals surface area contributed by atoms with Gasteiger partial charge in [0.15, 0.2) is 5.11 Å². The minimum absolute atomic E-state index is 0.0702. The highest BCUT2D eigenvalue weighted by Crippen LogP contribution is 2.34. The minimum Gasteiger partial charge on any atom is -0.489 e. The van der Waals surface area contributed by atoms with E-state index in [4.69, 9.17) is 40.2 Å². The second-order valence-corrected chi connectivity index (χ2v) is 8.15. The van der Waals surface area contributed by atoms with Crippen molar-refractivity contribution in [2.24, 2.45) is 0 Å². The molecule has 3 aromatic carbocycles. The summed E-state index contributed by atoms with van der Waals surface area (Å²) in [7, 11) is 0. The Morgan fingerprint density at radius 2 is 1.73 bits per heavy atom. The molecule has 0 spiro atoms. The van der Waals surface area contributed by atoms with E-state index in [2.05, 4.69) is 5.32 Å². The van der Waals surface area contributed by atoms with Crippen LogP contribution in [0.25, 0.3) is 6.08 Å². The highest BCUT2D eigenvalue weighted by atomic mass is 35.5. The second-order valence-electron chi connectivity index (χ2n) is 6.98. The van der Waals surface area contributed by atoms with Crippen LogP contribution in [0, 0.1) is 5.82 Å². The van der Waals surface area contributed by atoms with E-state index in [0.29, 0.717) is 16.9 Å². The summed E-state index contributed by atoms with van der Waals surface area (Å²) in [5.74, 6) is -1.09. The Labute approximate surface area is 204 Å². The van der Waals surface area contributed by atoms with Crippen LogP contribution in [0.3, 0.4) is 0 Å². The van der Waals surface area contributed by atoms with Crippen LogP contribution in [0.2, 0.25) is 10.0 Å². The van der Waals surface area contributed by atoms with Crippen molar-refractivity contribution >= 4 is 64.1 Å². The molecule has 4 rings (SSSR count). The summed E-state index contributed by atoms with van der Waals surface area (Å²) in [6.45, 7) is 0.0702. The number of anilines is 1. The number of rotatable bonds is 5. The number of carbonyl (C=O) groups is 2. The Morgan fingerprint density at radius 3 is 2.45 bits per heavy atom. The lowest BCUT2D eigenvalue weighted by Crippen LogP contribution is -2.54. The van der Waals surface area contributed by atoms with E-state index >= 15 is 0 Å². The number of nitrogens with zero attached hydrogens (tertiary/aromatic N) is 1. The lowest BCUT2D eigenvalue weighted by Gasteiger charge is -2.29. The number of carbonyl (C=O) groups excluding carboxylic acids is 2. The van der Waals surface area contributed by atoms with Crippen LogP contribution in [0.15, 0.2) is 72.3 Å². The molecule has 0 atom stereocenters. The summed E-state index contributed by atoms with van der Waals surface area (Å²) in [6.07, 6.45) is 1.44. The van der Waals surface area contributed by atoms with Crippen molar-refractivity contribution in [2.75, 3.05) is 4.90 Å². The van der Waals surface area contributed by atoms with Gasteiger partial charge in [-0.15, -0.1) is 0 Å². The highest BCUT2D eigenvalue weighted by molar-refractivity contribution is 7.80. The van der Waals surface area contributed by atoms with Crippen molar-refractivity contribution in [2.45, 2.75) is 6.61 Å². The molecule has 1 heterocycles. The predicted octanol–water partition coefficient (Wildman–Crippen LogP) is 5.54. The molecular formula is C24H15Cl2FN2O3S. The third-order valence-corrected chi connectivity index (χ3v) is 5.91. The molecule has 0 radical (unpaired) electrons. The Hall–Kier alpha value is -3.26. The zero-order chi connectivity index (χ0) is 23.5. The third kappa shape index (κ3) is 4.90. The van der Waals surface area contributed by atoms with Gasteiger partial charge in [-0.3, -0.25) is 19.8 Å². The monoisotopic (exact) mass is 500 g/mol. The number of amides is 2. The van der Waals surface area contributed by atoms with Crippen molar-refractivity contribution in [3.8, 4) is 5.75 Å². The molecule has 0 aliphatic carbocycles. The average molecular weight is 501 g/mol. The van der Waals surface area contributed by atoms with Gasteiger partial charge in [0, 0.05) is 5.56 Å². The molecule has 9 heteroatoms. The molecule has 1 saturated heterocycles. The standard InChI is InChI=1S/C24H15Cl2FN2O3S/c25-18-5-3-7-20(21(18)26)29-23(31)17(22(30)28-24(29)33)12-14-8-10-16(11-9-14)32-13-15-4-1-2-6-19(15)27/h1-12H,13H2,(H,28,30,33)/b17-12+. The number of hydrogen-bond donors (Lipinski definition) is 1. The Balaban J connectivity index is 1.55. The van der Waals surface area contributed by atoms with Crippen molar-refractivity contribution < 1.29 is 18.7 Å². The summed E-state index contributed by atoms with van der Waals surface area (Å²) in [6, 6.07) is 17.8. The third-order valence-electron chi connectivity index (χ3n) is 4.82. The number of nitrogens with one attached hydrogen (secondary N) is 1. The van der Waals surface area contributed by atoms with Gasteiger partial charge in [0.2, 0.25) is 0 Å². The largest absolute Gasteiger partial charge is 0.489 e. The van der Waals surface area contributed by atoms with E-state index in [1.807, 2.05) is 0 Å². The number of halogens is 3. The fourth-order valence-corrected chi connectivity index (χ4v) is 3.80. The van der Waals surface area contributed by atoms with Crippen LogP contribution in [0.5, 0.6) is 5.75 Å². The van der Waals surface area contributed by atoms with Crippen LogP contribution >= 0.6 is 35.4 Å². The summed E-state index contributed by atoms with van der Waals surface area (Å²) >= 11 is 17.5. The smallest absolute Gasteiger partial charge is 0.270 e. The number of thiocarbonyl (C=S) groups is 1. The van der Waals surface area contributed by atoms with Crippen LogP contribution in [0.4, 0.5) is 10.1 Å². The van der Waals surface area contributed by atoms with E-state index in [1.54, 1.807) is 60.7 Å². The lowest BCUT2D eigenvalue weighted by molar-refractivity contribution is -0.122. The molecule has 0 unspecified atom stereocenters. The Bertz CT molecular complexity index is 1300. The molecular weight excluding hydrogens is 486 g/mol. The molecule has 1 aliphatic rings. The number of hydrogen-bond acceptors (Lipinski definition) is 4. The van der Waals surface area contributed by atoms with Crippen molar-refractivity contribution in [1.29, 1.82) is 0 Å². The first-order valence-electron chi connectivity index (χ1n) is 9.67. The zero-order valence-corrected chi connectivity index (χ0v) is 19.2. The van der Waals surface area contributed by atoms with Gasteiger partial charge in [0.25, 0.3) is 11.8 Å². The fraction of sp³-hybridized carbons (Fsp3) is 0.0417. The zero-order valence-electron chi connectivity index (χ0n) is 16.8. The lowest BCUT2D eigenvalue weighted by atomic mass is 10.1. The number of ether oxygens (including phenoxy) is 1. The van der Waals surface area contributed by atoms with Crippen LogP contribution in [0.1, 0.15) is 11.1 Å². The topological polar surface area (TPSA) is 58.6 Å². The van der Waals surface area contributed by atoms with E-state index in [9.17, 15) is 14.0 Å². The van der Waals surface area contributed by atoms with Crippen LogP contribution in [-0.4, -0.2) is 16.9 Å². The maximum atomic E-state index is 13.7. The van der Waals surface area contributed by atoms with Crippen molar-refractivity contribution in [1.82, 2.24) is 5.32 Å². The summed E-state index contributed by atoms with van der Waals surface area (Å²) in [4.78, 5) is 26.7. The maximum absolute atomic E-state index is 13.7. The van der Waals surface area contributed by atoms with Gasteiger partial charge in [0.1, 0.15) is 23.7 Å². The molecule has 166 valence electrons. The summed E-state index contributed by atoms with van der Waals surface area (Å²) in [5, 5.41) is 2.79. The average Bonchev–Trinajstić information content (AvgIpc) is 2.79. The number of benzene rings is 3. The molecule has 5 nitrogen and oxygen atoms in total. The molecule has 0 bridgehead atoms. The molecule has 33 heavy (non-hydrogen) atoms. The first kappa shape index (κ1) is 22.9. The predicted molar refractivity (Wildman–Crippen MR) is 130 cm³/mol. The van der Waals surface area contributed by atoms with Crippen molar-refractivity contribution in [3.63, 3.8) is 0 Å². The quantitative estimate of drug-likeness (QED) is 0.283. The first-order chi connectivity index (χ1) is 15.8. The summed E-state index contributed by atoms with van der Waals surface area (Å²) in [5.41, 5.74) is 1.15. The molecule has 0 aromatic heterocycles. The van der Waals surface area contributed by atoms with Gasteiger partial charge in [-0.25, -0.2) is 4.39 Å². The Morgan fingerprint density at radius 1 is 1.00 bits per heavy atom.